The largest absolute Gasteiger partial charge is 0.506 e. The van der Waals surface area contributed by atoms with Crippen molar-refractivity contribution in [3.63, 3.8) is 0 Å². The lowest BCUT2D eigenvalue weighted by Crippen LogP contribution is -2.22. The minimum atomic E-state index is -4.43. The van der Waals surface area contributed by atoms with Crippen molar-refractivity contribution in [1.82, 2.24) is 4.31 Å². The number of nitrogens with one attached hydrogen (secondary N) is 1. The van der Waals surface area contributed by atoms with Gasteiger partial charge in [-0.25, -0.2) is 21.1 Å². The van der Waals surface area contributed by atoms with Gasteiger partial charge in [0.2, 0.25) is 10.0 Å². The van der Waals surface area contributed by atoms with Crippen LogP contribution >= 0.6 is 0 Å². The summed E-state index contributed by atoms with van der Waals surface area (Å²) < 4.78 is 52.1. The van der Waals surface area contributed by atoms with Crippen molar-refractivity contribution in [3.8, 4) is 11.5 Å². The number of benzene rings is 2. The van der Waals surface area contributed by atoms with E-state index in [-0.39, 0.29) is 4.90 Å². The molecule has 0 radical (unpaired) electrons. The van der Waals surface area contributed by atoms with Gasteiger partial charge in [-0.1, -0.05) is 0 Å². The molecular formula is C14H15N3O8S2. The van der Waals surface area contributed by atoms with Crippen LogP contribution in [0.1, 0.15) is 0 Å². The standard InChI is InChI=1S/C14H15N3O8S2/c1-16(2)27(24,25)10-4-5-13(18)11(7-10)15-26(22,23)9-3-6-14(19)12(8-9)17(20)21/h3-8,15,18-19H,1-2H3. The zero-order chi connectivity index (χ0) is 20.6. The van der Waals surface area contributed by atoms with Crippen LogP contribution in [0.25, 0.3) is 0 Å². The molecule has 0 amide bonds. The van der Waals surface area contributed by atoms with Gasteiger partial charge in [-0.3, -0.25) is 14.8 Å². The maximum atomic E-state index is 12.4. The summed E-state index contributed by atoms with van der Waals surface area (Å²) in [5.41, 5.74) is -1.26. The van der Waals surface area contributed by atoms with Gasteiger partial charge in [0, 0.05) is 20.2 Å². The minimum absolute atomic E-state index is 0.278. The summed E-state index contributed by atoms with van der Waals surface area (Å²) in [6.45, 7) is 0. The molecule has 0 aliphatic carbocycles. The molecule has 13 heteroatoms. The molecule has 0 fully saturated rings. The van der Waals surface area contributed by atoms with Gasteiger partial charge in [0.25, 0.3) is 10.0 Å². The van der Waals surface area contributed by atoms with Crippen LogP contribution in [0.15, 0.2) is 46.2 Å². The van der Waals surface area contributed by atoms with E-state index in [0.29, 0.717) is 6.07 Å². The molecule has 3 N–H and O–H groups in total. The fourth-order valence-corrected chi connectivity index (χ4v) is 4.00. The summed E-state index contributed by atoms with van der Waals surface area (Å²) in [7, 11) is -5.76. The van der Waals surface area contributed by atoms with Crippen LogP contribution in [-0.2, 0) is 20.0 Å². The number of hydrogen-bond acceptors (Lipinski definition) is 8. The van der Waals surface area contributed by atoms with E-state index in [1.54, 1.807) is 0 Å². The van der Waals surface area contributed by atoms with Gasteiger partial charge in [-0.15, -0.1) is 0 Å². The third-order valence-corrected chi connectivity index (χ3v) is 6.62. The maximum Gasteiger partial charge on any atom is 0.312 e. The molecule has 0 atom stereocenters. The lowest BCUT2D eigenvalue weighted by molar-refractivity contribution is -0.386. The van der Waals surface area contributed by atoms with Crippen molar-refractivity contribution in [1.29, 1.82) is 0 Å². The lowest BCUT2D eigenvalue weighted by atomic mass is 10.3. The fourth-order valence-electron chi connectivity index (χ4n) is 1.99. The van der Waals surface area contributed by atoms with Crippen molar-refractivity contribution in [2.24, 2.45) is 0 Å². The molecule has 0 aliphatic heterocycles. The first-order valence-corrected chi connectivity index (χ1v) is 10.0. The molecule has 11 nitrogen and oxygen atoms in total. The molecule has 146 valence electrons. The van der Waals surface area contributed by atoms with Crippen molar-refractivity contribution in [2.45, 2.75) is 9.79 Å². The van der Waals surface area contributed by atoms with E-state index in [2.05, 4.69) is 0 Å². The first-order chi connectivity index (χ1) is 12.4. The number of phenols is 2. The van der Waals surface area contributed by atoms with E-state index >= 15 is 0 Å². The van der Waals surface area contributed by atoms with E-state index in [4.69, 9.17) is 0 Å². The number of hydrogen-bond donors (Lipinski definition) is 3. The molecule has 2 aromatic rings. The van der Waals surface area contributed by atoms with Gasteiger partial charge >= 0.3 is 5.69 Å². The number of anilines is 1. The van der Waals surface area contributed by atoms with E-state index in [0.717, 1.165) is 34.6 Å². The Morgan fingerprint density at radius 3 is 2.07 bits per heavy atom. The molecule has 27 heavy (non-hydrogen) atoms. The molecule has 2 aromatic carbocycles. The second-order valence-electron chi connectivity index (χ2n) is 5.48. The Hall–Kier alpha value is -2.90. The second kappa shape index (κ2) is 7.02. The van der Waals surface area contributed by atoms with Crippen LogP contribution in [0, 0.1) is 10.1 Å². The van der Waals surface area contributed by atoms with Crippen LogP contribution in [0.5, 0.6) is 11.5 Å². The highest BCUT2D eigenvalue weighted by molar-refractivity contribution is 7.92. The molecule has 0 bridgehead atoms. The van der Waals surface area contributed by atoms with Crippen LogP contribution in [-0.4, -0.2) is 50.4 Å². The third kappa shape index (κ3) is 4.10. The predicted octanol–water partition coefficient (Wildman–Crippen LogP) is 1.06. The summed E-state index contributed by atoms with van der Waals surface area (Å²) in [5, 5.41) is 30.1. The van der Waals surface area contributed by atoms with Crippen molar-refractivity contribution >= 4 is 31.4 Å². The van der Waals surface area contributed by atoms with E-state index in [1.165, 1.54) is 14.1 Å². The monoisotopic (exact) mass is 417 g/mol. The Morgan fingerprint density at radius 1 is 0.963 bits per heavy atom. The SMILES string of the molecule is CN(C)S(=O)(=O)c1ccc(O)c(NS(=O)(=O)c2ccc(O)c([N+](=O)[O-])c2)c1. The number of nitro groups is 1. The zero-order valence-electron chi connectivity index (χ0n) is 14.0. The molecule has 0 unspecified atom stereocenters. The molecule has 0 aromatic heterocycles. The van der Waals surface area contributed by atoms with Crippen molar-refractivity contribution in [2.75, 3.05) is 18.8 Å². The fraction of sp³-hybridized carbons (Fsp3) is 0.143. The normalized spacial score (nSPS) is 12.1. The van der Waals surface area contributed by atoms with Crippen molar-refractivity contribution in [3.05, 3.63) is 46.5 Å². The van der Waals surface area contributed by atoms with E-state index in [9.17, 15) is 37.2 Å². The van der Waals surface area contributed by atoms with Crippen LogP contribution in [0.4, 0.5) is 11.4 Å². The Bertz CT molecular complexity index is 1110. The zero-order valence-corrected chi connectivity index (χ0v) is 15.7. The van der Waals surface area contributed by atoms with Gasteiger partial charge in [-0.2, -0.15) is 0 Å². The molecular weight excluding hydrogens is 402 g/mol. The van der Waals surface area contributed by atoms with Crippen LogP contribution in [0.3, 0.4) is 0 Å². The van der Waals surface area contributed by atoms with Gasteiger partial charge in [0.05, 0.1) is 20.4 Å². The number of nitro benzene ring substituents is 1. The first-order valence-electron chi connectivity index (χ1n) is 7.12. The summed E-state index contributed by atoms with van der Waals surface area (Å²) in [4.78, 5) is 9.05. The summed E-state index contributed by atoms with van der Waals surface area (Å²) in [6.07, 6.45) is 0. The van der Waals surface area contributed by atoms with Gasteiger partial charge in [0.1, 0.15) is 5.75 Å². The quantitative estimate of drug-likeness (QED) is 0.356. The van der Waals surface area contributed by atoms with Crippen LogP contribution in [0.2, 0.25) is 0 Å². The number of aromatic hydroxyl groups is 2. The van der Waals surface area contributed by atoms with E-state index < -0.39 is 52.7 Å². The highest BCUT2D eigenvalue weighted by Crippen LogP contribution is 2.32. The second-order valence-corrected chi connectivity index (χ2v) is 9.31. The topological polar surface area (TPSA) is 167 Å². The summed E-state index contributed by atoms with van der Waals surface area (Å²) in [5.74, 6) is -1.27. The average molecular weight is 417 g/mol. The maximum absolute atomic E-state index is 12.4. The Morgan fingerprint density at radius 2 is 1.52 bits per heavy atom. The number of nitrogens with zero attached hydrogens (tertiary/aromatic N) is 2. The predicted molar refractivity (Wildman–Crippen MR) is 94.5 cm³/mol. The summed E-state index contributed by atoms with van der Waals surface area (Å²) in [6, 6.07) is 5.38. The van der Waals surface area contributed by atoms with Gasteiger partial charge in [0.15, 0.2) is 5.75 Å². The minimum Gasteiger partial charge on any atom is -0.506 e. The Labute approximate surface area is 154 Å². The molecule has 0 heterocycles. The molecule has 0 aliphatic rings. The number of rotatable bonds is 6. The Kier molecular flexibility index (Phi) is 5.30. The first kappa shape index (κ1) is 20.4. The van der Waals surface area contributed by atoms with Gasteiger partial charge in [-0.05, 0) is 30.3 Å². The van der Waals surface area contributed by atoms with E-state index in [1.807, 2.05) is 4.72 Å². The van der Waals surface area contributed by atoms with Gasteiger partial charge < -0.3 is 10.2 Å². The molecule has 2 rings (SSSR count). The van der Waals surface area contributed by atoms with Crippen LogP contribution < -0.4 is 4.72 Å². The molecule has 0 spiro atoms. The molecule has 0 saturated heterocycles. The smallest absolute Gasteiger partial charge is 0.312 e. The number of sulfonamides is 2. The lowest BCUT2D eigenvalue weighted by Gasteiger charge is -2.14. The third-order valence-electron chi connectivity index (χ3n) is 3.44. The highest BCUT2D eigenvalue weighted by Gasteiger charge is 2.24. The summed E-state index contributed by atoms with van der Waals surface area (Å²) >= 11 is 0. The Balaban J connectivity index is 2.50. The molecule has 0 saturated carbocycles. The average Bonchev–Trinajstić information content (AvgIpc) is 2.56. The van der Waals surface area contributed by atoms with Crippen molar-refractivity contribution < 1.29 is 32.0 Å². The number of phenolic OH excluding ortho intramolecular Hbond substituents is 2. The highest BCUT2D eigenvalue weighted by atomic mass is 32.2.